The lowest BCUT2D eigenvalue weighted by Crippen LogP contribution is -2.24. The number of nitrogens with two attached hydrogens (primary N) is 1. The summed E-state index contributed by atoms with van der Waals surface area (Å²) < 4.78 is 37.2. The Morgan fingerprint density at radius 3 is 2.56 bits per heavy atom. The lowest BCUT2D eigenvalue weighted by molar-refractivity contribution is -0.137. The fraction of sp³-hybridized carbons (Fsp3) is 0.250. The van der Waals surface area contributed by atoms with Gasteiger partial charge in [0.2, 0.25) is 0 Å². The van der Waals surface area contributed by atoms with Crippen LogP contribution in [0.1, 0.15) is 5.56 Å². The van der Waals surface area contributed by atoms with Gasteiger partial charge in [-0.2, -0.15) is 13.2 Å². The summed E-state index contributed by atoms with van der Waals surface area (Å²) in [5.41, 5.74) is 3.70. The normalized spacial score (nSPS) is 11.2. The topological polar surface area (TPSA) is 79.5 Å². The lowest BCUT2D eigenvalue weighted by atomic mass is 10.2. The molecule has 0 radical (unpaired) electrons. The van der Waals surface area contributed by atoms with E-state index in [0.717, 1.165) is 13.2 Å². The zero-order valence-electron chi connectivity index (χ0n) is 8.12. The number of alkyl halides is 3. The number of aromatic nitrogens is 1. The number of nitrogen functional groups attached to an aromatic ring is 1. The quantitative estimate of drug-likeness (QED) is 0.777. The maximum atomic E-state index is 12.4. The van der Waals surface area contributed by atoms with Crippen molar-refractivity contribution in [3.05, 3.63) is 17.8 Å². The monoisotopic (exact) mass is 235 g/mol. The minimum absolute atomic E-state index is 0.200. The van der Waals surface area contributed by atoms with Gasteiger partial charge in [0.25, 0.3) is 0 Å². The van der Waals surface area contributed by atoms with Crippen LogP contribution in [-0.4, -0.2) is 23.2 Å². The zero-order valence-corrected chi connectivity index (χ0v) is 8.12. The summed E-state index contributed by atoms with van der Waals surface area (Å²) >= 11 is 0. The van der Waals surface area contributed by atoms with Crippen molar-refractivity contribution in [1.82, 2.24) is 4.98 Å². The Balaban J connectivity index is 3.23. The highest BCUT2D eigenvalue weighted by atomic mass is 19.4. The number of anilines is 2. The van der Waals surface area contributed by atoms with Crippen LogP contribution in [0.3, 0.4) is 0 Å². The molecule has 0 aromatic carbocycles. The molecule has 88 valence electrons. The van der Waals surface area contributed by atoms with E-state index in [9.17, 15) is 18.0 Å². The number of pyridine rings is 1. The van der Waals surface area contributed by atoms with Crippen LogP contribution in [0.4, 0.5) is 29.5 Å². The average Bonchev–Trinajstić information content (AvgIpc) is 2.15. The Hall–Kier alpha value is -1.99. The van der Waals surface area contributed by atoms with E-state index in [4.69, 9.17) is 10.8 Å². The van der Waals surface area contributed by atoms with Crippen molar-refractivity contribution in [3.63, 3.8) is 0 Å². The van der Waals surface area contributed by atoms with Crippen LogP contribution in [0.25, 0.3) is 0 Å². The van der Waals surface area contributed by atoms with Crippen LogP contribution >= 0.6 is 0 Å². The summed E-state index contributed by atoms with van der Waals surface area (Å²) in [6.07, 6.45) is -5.09. The van der Waals surface area contributed by atoms with E-state index >= 15 is 0 Å². The van der Waals surface area contributed by atoms with Crippen LogP contribution in [0, 0.1) is 0 Å². The fourth-order valence-electron chi connectivity index (χ4n) is 0.985. The molecular formula is C8H8F3N3O2. The van der Waals surface area contributed by atoms with E-state index in [1.54, 1.807) is 0 Å². The maximum absolute atomic E-state index is 12.4. The molecule has 16 heavy (non-hydrogen) atoms. The third-order valence-electron chi connectivity index (χ3n) is 1.88. The Morgan fingerprint density at radius 2 is 2.12 bits per heavy atom. The number of amides is 1. The molecular weight excluding hydrogens is 227 g/mol. The van der Waals surface area contributed by atoms with Gasteiger partial charge in [-0.15, -0.1) is 0 Å². The fourth-order valence-corrected chi connectivity index (χ4v) is 0.985. The molecule has 1 rings (SSSR count). The molecule has 0 spiro atoms. The summed E-state index contributed by atoms with van der Waals surface area (Å²) in [7, 11) is 1.11. The van der Waals surface area contributed by atoms with Crippen molar-refractivity contribution in [2.45, 2.75) is 6.18 Å². The predicted molar refractivity (Wildman–Crippen MR) is 50.1 cm³/mol. The van der Waals surface area contributed by atoms with Crippen LogP contribution in [-0.2, 0) is 6.18 Å². The minimum atomic E-state index is -4.66. The van der Waals surface area contributed by atoms with E-state index in [0.29, 0.717) is 11.0 Å². The number of hydrogen-bond donors (Lipinski definition) is 2. The van der Waals surface area contributed by atoms with Gasteiger partial charge in [0.05, 0.1) is 17.4 Å². The van der Waals surface area contributed by atoms with Gasteiger partial charge in [0.1, 0.15) is 5.82 Å². The SMILES string of the molecule is CN(C(=O)O)c1cnc(N)c(C(F)(F)F)c1. The number of hydrogen-bond acceptors (Lipinski definition) is 3. The van der Waals surface area contributed by atoms with Crippen molar-refractivity contribution in [1.29, 1.82) is 0 Å². The van der Waals surface area contributed by atoms with Gasteiger partial charge in [-0.1, -0.05) is 0 Å². The van der Waals surface area contributed by atoms with Crippen molar-refractivity contribution in [2.75, 3.05) is 17.7 Å². The minimum Gasteiger partial charge on any atom is -0.465 e. The second kappa shape index (κ2) is 3.87. The van der Waals surface area contributed by atoms with Crippen LogP contribution in [0.2, 0.25) is 0 Å². The summed E-state index contributed by atoms with van der Waals surface area (Å²) in [6, 6.07) is 0.635. The van der Waals surface area contributed by atoms with E-state index in [1.807, 2.05) is 0 Å². The Bertz CT molecular complexity index is 419. The molecule has 0 aliphatic heterocycles. The molecule has 3 N–H and O–H groups in total. The van der Waals surface area contributed by atoms with Crippen molar-refractivity contribution in [2.24, 2.45) is 0 Å². The number of carboxylic acid groups (broad SMARTS) is 1. The lowest BCUT2D eigenvalue weighted by Gasteiger charge is -2.15. The van der Waals surface area contributed by atoms with Gasteiger partial charge >= 0.3 is 12.3 Å². The third kappa shape index (κ3) is 2.33. The van der Waals surface area contributed by atoms with Crippen molar-refractivity contribution in [3.8, 4) is 0 Å². The van der Waals surface area contributed by atoms with Gasteiger partial charge in [-0.05, 0) is 6.07 Å². The first-order valence-electron chi connectivity index (χ1n) is 4.03. The molecule has 1 heterocycles. The summed E-state index contributed by atoms with van der Waals surface area (Å²) in [6.45, 7) is 0. The molecule has 0 unspecified atom stereocenters. The van der Waals surface area contributed by atoms with Crippen LogP contribution in [0.5, 0.6) is 0 Å². The molecule has 0 aliphatic carbocycles. The largest absolute Gasteiger partial charge is 0.465 e. The van der Waals surface area contributed by atoms with Gasteiger partial charge in [0, 0.05) is 7.05 Å². The Kier molecular flexibility index (Phi) is 2.92. The van der Waals surface area contributed by atoms with Gasteiger partial charge in [-0.3, -0.25) is 4.90 Å². The molecule has 0 fully saturated rings. The van der Waals surface area contributed by atoms with E-state index < -0.39 is 23.7 Å². The van der Waals surface area contributed by atoms with Gasteiger partial charge in [0.15, 0.2) is 0 Å². The van der Waals surface area contributed by atoms with Crippen molar-refractivity contribution >= 4 is 17.6 Å². The highest BCUT2D eigenvalue weighted by molar-refractivity contribution is 5.85. The first-order chi connectivity index (χ1) is 7.23. The first kappa shape index (κ1) is 12.1. The highest BCUT2D eigenvalue weighted by Gasteiger charge is 2.34. The molecule has 0 bridgehead atoms. The standard InChI is InChI=1S/C8H8F3N3O2/c1-14(7(15)16)4-2-5(8(9,10)11)6(12)13-3-4/h2-3H,1H3,(H2,12,13)(H,15,16). The van der Waals surface area contributed by atoms with Gasteiger partial charge < -0.3 is 10.8 Å². The van der Waals surface area contributed by atoms with Crippen LogP contribution < -0.4 is 10.6 Å². The highest BCUT2D eigenvalue weighted by Crippen LogP contribution is 2.34. The second-order valence-corrected chi connectivity index (χ2v) is 2.97. The average molecular weight is 235 g/mol. The summed E-state index contributed by atoms with van der Waals surface area (Å²) in [5, 5.41) is 8.58. The van der Waals surface area contributed by atoms with E-state index in [2.05, 4.69) is 4.98 Å². The molecule has 1 aromatic heterocycles. The molecule has 0 saturated carbocycles. The number of halogens is 3. The molecule has 8 heteroatoms. The first-order valence-corrected chi connectivity index (χ1v) is 4.03. The summed E-state index contributed by atoms with van der Waals surface area (Å²) in [4.78, 5) is 14.4. The molecule has 0 aliphatic rings. The number of nitrogens with zero attached hydrogens (tertiary/aromatic N) is 2. The Morgan fingerprint density at radius 1 is 1.56 bits per heavy atom. The third-order valence-corrected chi connectivity index (χ3v) is 1.88. The molecule has 0 saturated heterocycles. The molecule has 0 atom stereocenters. The predicted octanol–water partition coefficient (Wildman–Crippen LogP) is 1.80. The second-order valence-electron chi connectivity index (χ2n) is 2.97. The Labute approximate surface area is 88.3 Å². The molecule has 1 aromatic rings. The number of rotatable bonds is 1. The summed E-state index contributed by atoms with van der Waals surface area (Å²) in [5.74, 6) is -0.685. The van der Waals surface area contributed by atoms with Crippen molar-refractivity contribution < 1.29 is 23.1 Å². The smallest absolute Gasteiger partial charge is 0.420 e. The van der Waals surface area contributed by atoms with E-state index in [1.165, 1.54) is 0 Å². The molecule has 5 nitrogen and oxygen atoms in total. The maximum Gasteiger partial charge on any atom is 0.420 e. The molecule has 1 amide bonds. The van der Waals surface area contributed by atoms with Gasteiger partial charge in [-0.25, -0.2) is 9.78 Å². The van der Waals surface area contributed by atoms with Crippen LogP contribution in [0.15, 0.2) is 12.3 Å². The number of carbonyl (C=O) groups is 1. The zero-order chi connectivity index (χ0) is 12.5. The van der Waals surface area contributed by atoms with E-state index in [-0.39, 0.29) is 5.69 Å².